The summed E-state index contributed by atoms with van der Waals surface area (Å²) in [5.41, 5.74) is 0.251. The van der Waals surface area contributed by atoms with Gasteiger partial charge in [0.2, 0.25) is 5.82 Å². The molecule has 2 heterocycles. The molecule has 3 rings (SSSR count). The van der Waals surface area contributed by atoms with Crippen molar-refractivity contribution in [3.05, 3.63) is 41.3 Å². The number of ether oxygens (including phenoxy) is 2. The molecule has 0 atom stereocenters. The zero-order valence-corrected chi connectivity index (χ0v) is 15.7. The first kappa shape index (κ1) is 20.6. The number of aromatic nitrogens is 2. The third-order valence-electron chi connectivity index (χ3n) is 4.30. The molecule has 11 heteroatoms. The van der Waals surface area contributed by atoms with E-state index in [0.717, 1.165) is 25.9 Å². The van der Waals surface area contributed by atoms with Gasteiger partial charge in [-0.15, -0.1) is 5.10 Å². The van der Waals surface area contributed by atoms with Crippen molar-refractivity contribution in [1.82, 2.24) is 15.5 Å². The average molecular weight is 411 g/mol. The van der Waals surface area contributed by atoms with Crippen molar-refractivity contribution in [2.45, 2.75) is 0 Å². The fraction of sp³-hybridized carbons (Fsp3) is 0.389. The Kier molecular flexibility index (Phi) is 6.70. The normalized spacial score (nSPS) is 13.9. The lowest BCUT2D eigenvalue weighted by atomic mass is 10.1. The highest BCUT2D eigenvalue weighted by Crippen LogP contribution is 2.26. The number of amides is 1. The third-order valence-corrected chi connectivity index (χ3v) is 4.30. The molecular formula is C18H20F3N5O3. The summed E-state index contributed by atoms with van der Waals surface area (Å²) in [5.74, 6) is -5.45. The van der Waals surface area contributed by atoms with E-state index in [1.165, 1.54) is 0 Å². The molecule has 0 bridgehead atoms. The predicted molar refractivity (Wildman–Crippen MR) is 98.8 cm³/mol. The first-order valence-corrected chi connectivity index (χ1v) is 8.90. The largest absolute Gasteiger partial charge is 0.491 e. The number of anilines is 2. The molecular weight excluding hydrogens is 391 g/mol. The molecule has 2 aromatic rings. The lowest BCUT2D eigenvalue weighted by Crippen LogP contribution is -2.36. The number of nitrogens with zero attached hydrogens (tertiary/aromatic N) is 3. The first-order chi connectivity index (χ1) is 14.0. The molecule has 0 spiro atoms. The van der Waals surface area contributed by atoms with Crippen LogP contribution in [-0.2, 0) is 4.74 Å². The number of carbonyl (C=O) groups is 1. The van der Waals surface area contributed by atoms with E-state index in [-0.39, 0.29) is 13.1 Å². The average Bonchev–Trinajstić information content (AvgIpc) is 2.75. The summed E-state index contributed by atoms with van der Waals surface area (Å²) >= 11 is 0. The predicted octanol–water partition coefficient (Wildman–Crippen LogP) is 1.58. The van der Waals surface area contributed by atoms with Gasteiger partial charge in [0.25, 0.3) is 5.91 Å². The summed E-state index contributed by atoms with van der Waals surface area (Å²) < 4.78 is 50.9. The molecule has 1 fully saturated rings. The number of benzene rings is 1. The Balaban J connectivity index is 1.54. The molecule has 8 nitrogen and oxygen atoms in total. The van der Waals surface area contributed by atoms with Crippen LogP contribution in [-0.4, -0.2) is 62.6 Å². The molecule has 1 aliphatic heterocycles. The molecule has 1 aromatic heterocycles. The molecule has 0 radical (unpaired) electrons. The van der Waals surface area contributed by atoms with Crippen molar-refractivity contribution < 1.29 is 27.4 Å². The Bertz CT molecular complexity index is 878. The van der Waals surface area contributed by atoms with Crippen molar-refractivity contribution >= 4 is 17.4 Å². The van der Waals surface area contributed by atoms with Gasteiger partial charge in [0, 0.05) is 32.2 Å². The van der Waals surface area contributed by atoms with E-state index in [4.69, 9.17) is 4.74 Å². The van der Waals surface area contributed by atoms with Crippen LogP contribution in [0.25, 0.3) is 0 Å². The van der Waals surface area contributed by atoms with E-state index in [9.17, 15) is 18.0 Å². The van der Waals surface area contributed by atoms with E-state index in [1.807, 2.05) is 6.07 Å². The maximum Gasteiger partial charge on any atom is 0.254 e. The van der Waals surface area contributed by atoms with Gasteiger partial charge in [0.15, 0.2) is 23.2 Å². The van der Waals surface area contributed by atoms with Crippen molar-refractivity contribution in [2.75, 3.05) is 56.7 Å². The van der Waals surface area contributed by atoms with Gasteiger partial charge in [0.1, 0.15) is 0 Å². The van der Waals surface area contributed by atoms with Crippen molar-refractivity contribution in [1.29, 1.82) is 0 Å². The van der Waals surface area contributed by atoms with Crippen LogP contribution < -0.4 is 20.3 Å². The Morgan fingerprint density at radius 1 is 1.21 bits per heavy atom. The molecule has 0 aliphatic carbocycles. The van der Waals surface area contributed by atoms with Gasteiger partial charge >= 0.3 is 0 Å². The van der Waals surface area contributed by atoms with E-state index in [1.54, 1.807) is 6.20 Å². The molecule has 0 unspecified atom stereocenters. The fourth-order valence-electron chi connectivity index (χ4n) is 2.82. The summed E-state index contributed by atoms with van der Waals surface area (Å²) in [6.07, 6.45) is 1.65. The molecule has 1 saturated heterocycles. The number of morpholine rings is 1. The highest BCUT2D eigenvalue weighted by Gasteiger charge is 2.23. The number of nitrogens with one attached hydrogen (secondary N) is 2. The van der Waals surface area contributed by atoms with Gasteiger partial charge in [0.05, 0.1) is 37.8 Å². The second-order valence-electron chi connectivity index (χ2n) is 6.15. The summed E-state index contributed by atoms with van der Waals surface area (Å²) in [7, 11) is 0.985. The molecule has 0 saturated carbocycles. The fourth-order valence-corrected chi connectivity index (χ4v) is 2.82. The van der Waals surface area contributed by atoms with Crippen LogP contribution in [0.1, 0.15) is 10.4 Å². The van der Waals surface area contributed by atoms with Crippen LogP contribution in [0.5, 0.6) is 5.75 Å². The van der Waals surface area contributed by atoms with Crippen LogP contribution in [0.4, 0.5) is 24.7 Å². The summed E-state index contributed by atoms with van der Waals surface area (Å²) in [6, 6.07) is 2.31. The minimum atomic E-state index is -1.48. The second kappa shape index (κ2) is 9.41. The van der Waals surface area contributed by atoms with Crippen LogP contribution in [0.3, 0.4) is 0 Å². The molecule has 29 heavy (non-hydrogen) atoms. The molecule has 156 valence electrons. The smallest absolute Gasteiger partial charge is 0.254 e. The van der Waals surface area contributed by atoms with E-state index in [2.05, 4.69) is 30.5 Å². The highest BCUT2D eigenvalue weighted by molar-refractivity contribution is 5.95. The van der Waals surface area contributed by atoms with Crippen LogP contribution in [0, 0.1) is 17.5 Å². The number of carbonyl (C=O) groups excluding carboxylic acids is 1. The Morgan fingerprint density at radius 3 is 2.69 bits per heavy atom. The van der Waals surface area contributed by atoms with Gasteiger partial charge in [-0.3, -0.25) is 4.79 Å². The lowest BCUT2D eigenvalue weighted by Gasteiger charge is -2.28. The number of hydrogen-bond donors (Lipinski definition) is 2. The molecule has 2 N–H and O–H groups in total. The monoisotopic (exact) mass is 411 g/mol. The van der Waals surface area contributed by atoms with Gasteiger partial charge < -0.3 is 25.0 Å². The minimum Gasteiger partial charge on any atom is -0.491 e. The second-order valence-corrected chi connectivity index (χ2v) is 6.15. The quantitative estimate of drug-likeness (QED) is 0.528. The highest BCUT2D eigenvalue weighted by atomic mass is 19.2. The summed E-state index contributed by atoms with van der Waals surface area (Å²) in [4.78, 5) is 14.2. The summed E-state index contributed by atoms with van der Waals surface area (Å²) in [5, 5.41) is 13.3. The van der Waals surface area contributed by atoms with Crippen LogP contribution >= 0.6 is 0 Å². The van der Waals surface area contributed by atoms with Crippen molar-refractivity contribution in [2.24, 2.45) is 0 Å². The topological polar surface area (TPSA) is 88.6 Å². The van der Waals surface area contributed by atoms with E-state index < -0.39 is 34.7 Å². The summed E-state index contributed by atoms with van der Waals surface area (Å²) in [6.45, 7) is 3.14. The molecule has 1 amide bonds. The Labute approximate surface area is 165 Å². The zero-order chi connectivity index (χ0) is 20.8. The molecule has 1 aliphatic rings. The van der Waals surface area contributed by atoms with Gasteiger partial charge in [-0.2, -0.15) is 9.49 Å². The Morgan fingerprint density at radius 2 is 1.97 bits per heavy atom. The minimum absolute atomic E-state index is 0.0864. The number of hydrogen-bond acceptors (Lipinski definition) is 7. The van der Waals surface area contributed by atoms with Gasteiger partial charge in [-0.25, -0.2) is 8.78 Å². The van der Waals surface area contributed by atoms with Crippen LogP contribution in [0.2, 0.25) is 0 Å². The first-order valence-electron chi connectivity index (χ1n) is 8.90. The van der Waals surface area contributed by atoms with Crippen molar-refractivity contribution in [3.63, 3.8) is 0 Å². The van der Waals surface area contributed by atoms with E-state index in [0.29, 0.717) is 25.1 Å². The Hall–Kier alpha value is -3.08. The lowest BCUT2D eigenvalue weighted by molar-refractivity contribution is 0.0949. The van der Waals surface area contributed by atoms with Crippen LogP contribution in [0.15, 0.2) is 18.3 Å². The number of methoxy groups -OCH3 is 1. The molecule has 1 aromatic carbocycles. The SMILES string of the molecule is COc1c(F)c(F)cc(C(=O)NCCNc2cc(N3CCOCC3)cnn2)c1F. The van der Waals surface area contributed by atoms with Gasteiger partial charge in [-0.1, -0.05) is 0 Å². The van der Waals surface area contributed by atoms with Crippen molar-refractivity contribution in [3.8, 4) is 5.75 Å². The zero-order valence-electron chi connectivity index (χ0n) is 15.7. The van der Waals surface area contributed by atoms with Gasteiger partial charge in [-0.05, 0) is 6.07 Å². The maximum absolute atomic E-state index is 14.1. The maximum atomic E-state index is 14.1. The standard InChI is InChI=1S/C18H20F3N5O3/c1-28-17-15(20)12(9-13(19)16(17)21)18(27)23-3-2-22-14-8-11(10-24-25-14)26-4-6-29-7-5-26/h8-10H,2-7H2,1H3,(H,22,25)(H,23,27). The number of halogens is 3. The third kappa shape index (κ3) is 4.86. The number of rotatable bonds is 7. The van der Waals surface area contributed by atoms with E-state index >= 15 is 0 Å².